The van der Waals surface area contributed by atoms with Crippen LogP contribution in [-0.4, -0.2) is 40.1 Å². The predicted octanol–water partition coefficient (Wildman–Crippen LogP) is 1.94. The molecule has 0 unspecified atom stereocenters. The summed E-state index contributed by atoms with van der Waals surface area (Å²) < 4.78 is 0.866. The topological polar surface area (TPSA) is 97.6 Å². The molecule has 0 aliphatic carbocycles. The summed E-state index contributed by atoms with van der Waals surface area (Å²) in [5.41, 5.74) is 13.4. The minimum atomic E-state index is 0. The SMILES string of the molecule is C/C(C/C(C)=N/NC(=S)[S-])=N/NC(=S)[S-].C/C(C/C(C)=N\NC(=S)[S-])=N/NC(=S)[S-].[Ni+2].[Ni+2]. The molecule has 0 amide bonds. The van der Waals surface area contributed by atoms with E-state index in [-0.39, 0.29) is 50.3 Å². The number of hydrogen-bond acceptors (Lipinski definition) is 12. The quantitative estimate of drug-likeness (QED) is 0.0998. The molecule has 4 N–H and O–H groups in total. The van der Waals surface area contributed by atoms with Crippen LogP contribution in [0.3, 0.4) is 0 Å². The van der Waals surface area contributed by atoms with Gasteiger partial charge in [-0.2, -0.15) is 20.4 Å². The molecule has 8 nitrogen and oxygen atoms in total. The number of thiocarbonyl (C=S) groups is 4. The van der Waals surface area contributed by atoms with Crippen molar-refractivity contribution < 1.29 is 33.0 Å². The first-order valence-electron chi connectivity index (χ1n) is 7.84. The molecule has 0 aliphatic rings. The smallest absolute Gasteiger partial charge is 0.410 e. The summed E-state index contributed by atoms with van der Waals surface area (Å²) >= 11 is 37.1. The van der Waals surface area contributed by atoms with E-state index < -0.39 is 0 Å². The number of nitrogens with zero attached hydrogens (tertiary/aromatic N) is 4. The average Bonchev–Trinajstić information content (AvgIpc) is 2.62. The van der Waals surface area contributed by atoms with Crippen LogP contribution < -0.4 is 21.7 Å². The summed E-state index contributed by atoms with van der Waals surface area (Å²) in [6, 6.07) is 0. The van der Waals surface area contributed by atoms with Gasteiger partial charge >= 0.3 is 33.0 Å². The Balaban J connectivity index is -0.000000231. The number of rotatable bonds is 8. The fourth-order valence-corrected chi connectivity index (χ4v) is 1.83. The van der Waals surface area contributed by atoms with E-state index in [1.807, 2.05) is 27.7 Å². The van der Waals surface area contributed by atoms with Gasteiger partial charge in [-0.15, -0.1) is 0 Å². The molecule has 0 saturated carbocycles. The summed E-state index contributed by atoms with van der Waals surface area (Å²) in [6.45, 7) is 7.36. The molecule has 0 rings (SSSR count). The Morgan fingerprint density at radius 2 is 0.656 bits per heavy atom. The van der Waals surface area contributed by atoms with Crippen LogP contribution in [0.1, 0.15) is 40.5 Å². The summed E-state index contributed by atoms with van der Waals surface area (Å²) in [5, 5.41) is 15.8. The van der Waals surface area contributed by atoms with Crippen LogP contribution in [0, 0.1) is 0 Å². The number of hydrogen-bond donors (Lipinski definition) is 4. The van der Waals surface area contributed by atoms with Gasteiger partial charge in [0.1, 0.15) is 0 Å². The summed E-state index contributed by atoms with van der Waals surface area (Å²) in [5.74, 6) is 0. The third-order valence-electron chi connectivity index (χ3n) is 2.38. The molecule has 0 radical (unpaired) electrons. The van der Waals surface area contributed by atoms with Crippen LogP contribution in [0.15, 0.2) is 20.4 Å². The molecule has 0 aromatic heterocycles. The standard InChI is InChI=1S/2C7H12N4S4.2Ni/c2*1-4(8-10-6(12)13)3-5(2)9-11-7(14)15;;/h2*3H2,1-2H3,(H2,10,12,13)(H2,11,14,15);;/q;;2*+2/p-4/b8-4-,9-5+;8-4-,9-5-;;. The van der Waals surface area contributed by atoms with Gasteiger partial charge in [0.15, 0.2) is 0 Å². The Morgan fingerprint density at radius 1 is 0.500 bits per heavy atom. The third kappa shape index (κ3) is 32.3. The van der Waals surface area contributed by atoms with E-state index >= 15 is 0 Å². The van der Waals surface area contributed by atoms with Crippen molar-refractivity contribution in [2.24, 2.45) is 20.4 Å². The van der Waals surface area contributed by atoms with Gasteiger partial charge in [0.2, 0.25) is 0 Å². The average molecular weight is 674 g/mol. The van der Waals surface area contributed by atoms with Crippen molar-refractivity contribution in [3.05, 3.63) is 0 Å². The second kappa shape index (κ2) is 24.2. The first-order valence-corrected chi connectivity index (χ1v) is 11.1. The molecule has 184 valence electrons. The minimum Gasteiger partial charge on any atom is -0.410 e. The van der Waals surface area contributed by atoms with E-state index in [2.05, 4.69) is 141 Å². The summed E-state index contributed by atoms with van der Waals surface area (Å²) in [4.78, 5) is 0. The molecule has 0 atom stereocenters. The van der Waals surface area contributed by atoms with Gasteiger partial charge in [0.25, 0.3) is 0 Å². The molecule has 0 spiro atoms. The van der Waals surface area contributed by atoms with Gasteiger partial charge in [0, 0.05) is 35.7 Å². The van der Waals surface area contributed by atoms with E-state index in [1.165, 1.54) is 0 Å². The van der Waals surface area contributed by atoms with Gasteiger partial charge in [-0.1, -0.05) is 0 Å². The second-order valence-electron chi connectivity index (χ2n) is 5.34. The van der Waals surface area contributed by atoms with Gasteiger partial charge < -0.3 is 99.4 Å². The van der Waals surface area contributed by atoms with E-state index in [9.17, 15) is 0 Å². The maximum Gasteiger partial charge on any atom is 2.00 e. The maximum absolute atomic E-state index is 4.64. The Hall–Kier alpha value is 0.107. The predicted molar refractivity (Wildman–Crippen MR) is 154 cm³/mol. The first-order chi connectivity index (χ1) is 13.8. The van der Waals surface area contributed by atoms with E-state index in [1.54, 1.807) is 0 Å². The molecule has 0 fully saturated rings. The molecule has 0 aliphatic heterocycles. The van der Waals surface area contributed by atoms with Gasteiger partial charge in [-0.3, -0.25) is 21.7 Å². The minimum absolute atomic E-state index is 0. The molecule has 18 heteroatoms. The molecule has 0 saturated heterocycles. The Kier molecular flexibility index (Phi) is 29.8. The van der Waals surface area contributed by atoms with E-state index in [4.69, 9.17) is 0 Å². The van der Waals surface area contributed by atoms with E-state index in [0.717, 1.165) is 22.8 Å². The Bertz CT molecular complexity index is 633. The van der Waals surface area contributed by atoms with E-state index in [0.29, 0.717) is 12.8 Å². The normalized spacial score (nSPS) is 11.4. The van der Waals surface area contributed by atoms with Crippen LogP contribution >= 0.6 is 48.9 Å². The van der Waals surface area contributed by atoms with Crippen molar-refractivity contribution in [1.29, 1.82) is 0 Å². The molecule has 32 heavy (non-hydrogen) atoms. The summed E-state index contributed by atoms with van der Waals surface area (Å²) in [6.07, 6.45) is 1.19. The summed E-state index contributed by atoms with van der Waals surface area (Å²) in [7, 11) is 0. The van der Waals surface area contributed by atoms with Crippen LogP contribution in [0.25, 0.3) is 0 Å². The molecular formula is C14H20N8Ni2S8. The van der Waals surface area contributed by atoms with Crippen molar-refractivity contribution in [2.75, 3.05) is 0 Å². The van der Waals surface area contributed by atoms with Crippen LogP contribution in [-0.2, 0) is 83.5 Å². The van der Waals surface area contributed by atoms with Crippen molar-refractivity contribution in [2.45, 2.75) is 40.5 Å². The fourth-order valence-electron chi connectivity index (χ4n) is 1.46. The van der Waals surface area contributed by atoms with Crippen LogP contribution in [0.2, 0.25) is 0 Å². The second-order valence-corrected chi connectivity index (χ2v) is 9.64. The fraction of sp³-hybridized carbons (Fsp3) is 0.429. The van der Waals surface area contributed by atoms with Gasteiger partial charge in [-0.05, 0) is 45.0 Å². The van der Waals surface area contributed by atoms with Crippen LogP contribution in [0.5, 0.6) is 0 Å². The van der Waals surface area contributed by atoms with Crippen molar-refractivity contribution >= 4 is 140 Å². The van der Waals surface area contributed by atoms with Crippen molar-refractivity contribution in [1.82, 2.24) is 21.7 Å². The molecule has 0 bridgehead atoms. The number of hydrazone groups is 4. The Morgan fingerprint density at radius 3 is 0.781 bits per heavy atom. The monoisotopic (exact) mass is 672 g/mol. The first kappa shape index (κ1) is 39.3. The third-order valence-corrected chi connectivity index (χ3v) is 3.11. The zero-order valence-electron chi connectivity index (χ0n) is 17.1. The van der Waals surface area contributed by atoms with Gasteiger partial charge in [-0.25, -0.2) is 0 Å². The van der Waals surface area contributed by atoms with Crippen molar-refractivity contribution in [3.63, 3.8) is 0 Å². The molecule has 0 aromatic carbocycles. The molecular weight excluding hydrogens is 654 g/mol. The Labute approximate surface area is 252 Å². The zero-order chi connectivity index (χ0) is 23.7. The zero-order valence-corrected chi connectivity index (χ0v) is 25.6. The maximum atomic E-state index is 4.64. The molecule has 0 heterocycles. The molecule has 0 aromatic rings. The van der Waals surface area contributed by atoms with Crippen LogP contribution in [0.4, 0.5) is 0 Å². The largest absolute Gasteiger partial charge is 2.00 e. The number of nitrogens with one attached hydrogen (secondary N) is 4. The van der Waals surface area contributed by atoms with Gasteiger partial charge in [0.05, 0.1) is 0 Å². The van der Waals surface area contributed by atoms with Crippen molar-refractivity contribution in [3.8, 4) is 0 Å².